The Morgan fingerprint density at radius 2 is 1.91 bits per heavy atom. The Bertz CT molecular complexity index is 772. The highest BCUT2D eigenvalue weighted by Gasteiger charge is 2.48. The van der Waals surface area contributed by atoms with Gasteiger partial charge in [-0.2, -0.15) is 5.21 Å². The van der Waals surface area contributed by atoms with Crippen molar-refractivity contribution in [2.45, 2.75) is 89.8 Å². The van der Waals surface area contributed by atoms with Gasteiger partial charge in [-0.3, -0.25) is 9.59 Å². The molecular weight excluding hydrogens is 408 g/mol. The van der Waals surface area contributed by atoms with Crippen LogP contribution in [0.25, 0.3) is 0 Å². The van der Waals surface area contributed by atoms with Crippen LogP contribution in [0.3, 0.4) is 0 Å². The van der Waals surface area contributed by atoms with Gasteiger partial charge < -0.3 is 15.4 Å². The Morgan fingerprint density at radius 1 is 1.06 bits per heavy atom. The molecular formula is C23H36N6O3. The molecule has 0 aliphatic carbocycles. The number of aromatic nitrogens is 4. The number of aryl methyl sites for hydroxylation is 1. The molecule has 2 aliphatic rings. The van der Waals surface area contributed by atoms with Gasteiger partial charge in [-0.05, 0) is 25.7 Å². The number of hydrogen-bond donors (Lipinski definition) is 3. The first-order chi connectivity index (χ1) is 15.7. The predicted octanol–water partition coefficient (Wildman–Crippen LogP) is 1.91. The molecule has 2 fully saturated rings. The predicted molar refractivity (Wildman–Crippen MR) is 119 cm³/mol. The van der Waals surface area contributed by atoms with Gasteiger partial charge in [0.1, 0.15) is 0 Å². The van der Waals surface area contributed by atoms with Gasteiger partial charge in [0, 0.05) is 44.1 Å². The number of ether oxygens (including phenoxy) is 1. The molecule has 0 radical (unpaired) electrons. The van der Waals surface area contributed by atoms with Crippen LogP contribution in [0.4, 0.5) is 0 Å². The van der Waals surface area contributed by atoms with Gasteiger partial charge in [0.05, 0.1) is 18.8 Å². The number of rotatable bonds is 13. The fourth-order valence-corrected chi connectivity index (χ4v) is 4.61. The SMILES string of the molecule is CCCCCCC(=O)NCC(=O)NCC1C2CCC(O2)C1CC#CCCCc1nn[nH]n1. The van der Waals surface area contributed by atoms with E-state index in [4.69, 9.17) is 4.74 Å². The highest BCUT2D eigenvalue weighted by molar-refractivity contribution is 5.84. The minimum absolute atomic E-state index is 0.0408. The molecule has 3 heterocycles. The van der Waals surface area contributed by atoms with Gasteiger partial charge in [-0.1, -0.05) is 31.4 Å². The van der Waals surface area contributed by atoms with E-state index in [1.54, 1.807) is 0 Å². The minimum atomic E-state index is -0.138. The molecule has 3 rings (SSSR count). The zero-order chi connectivity index (χ0) is 22.6. The Kier molecular flexibility index (Phi) is 9.95. The fraction of sp³-hybridized carbons (Fsp3) is 0.783. The highest BCUT2D eigenvalue weighted by Crippen LogP contribution is 2.44. The highest BCUT2D eigenvalue weighted by atomic mass is 16.5. The second-order valence-corrected chi connectivity index (χ2v) is 8.75. The Balaban J connectivity index is 1.33. The number of nitrogens with zero attached hydrogens (tertiary/aromatic N) is 3. The van der Waals surface area contributed by atoms with Crippen molar-refractivity contribution in [3.05, 3.63) is 5.82 Å². The molecule has 1 aromatic rings. The first-order valence-electron chi connectivity index (χ1n) is 12.0. The van der Waals surface area contributed by atoms with E-state index in [2.05, 4.69) is 50.0 Å². The lowest BCUT2D eigenvalue weighted by molar-refractivity contribution is -0.126. The summed E-state index contributed by atoms with van der Waals surface area (Å²) in [5.41, 5.74) is 0. The maximum atomic E-state index is 12.2. The number of hydrogen-bond acceptors (Lipinski definition) is 6. The molecule has 176 valence electrons. The number of nitrogens with one attached hydrogen (secondary N) is 3. The molecule has 1 aromatic heterocycles. The summed E-state index contributed by atoms with van der Waals surface area (Å²) in [6, 6.07) is 0. The van der Waals surface area contributed by atoms with E-state index in [1.165, 1.54) is 0 Å². The molecule has 2 amide bonds. The van der Waals surface area contributed by atoms with Crippen molar-refractivity contribution < 1.29 is 14.3 Å². The number of carbonyl (C=O) groups excluding carboxylic acids is 2. The summed E-state index contributed by atoms with van der Waals surface area (Å²) in [5, 5.41) is 19.6. The number of tetrazole rings is 1. The lowest BCUT2D eigenvalue weighted by atomic mass is 9.77. The monoisotopic (exact) mass is 444 g/mol. The average molecular weight is 445 g/mol. The molecule has 9 heteroatoms. The molecule has 3 N–H and O–H groups in total. The summed E-state index contributed by atoms with van der Waals surface area (Å²) in [6.07, 6.45) is 10.6. The van der Waals surface area contributed by atoms with Crippen LogP contribution in [-0.4, -0.2) is 57.7 Å². The van der Waals surface area contributed by atoms with Gasteiger partial charge in [0.2, 0.25) is 11.8 Å². The third-order valence-electron chi connectivity index (χ3n) is 6.38. The second-order valence-electron chi connectivity index (χ2n) is 8.75. The second kappa shape index (κ2) is 13.2. The van der Waals surface area contributed by atoms with Gasteiger partial charge in [0.15, 0.2) is 5.82 Å². The number of aromatic amines is 1. The zero-order valence-electron chi connectivity index (χ0n) is 19.1. The smallest absolute Gasteiger partial charge is 0.239 e. The lowest BCUT2D eigenvalue weighted by Crippen LogP contribution is -2.42. The Morgan fingerprint density at radius 3 is 2.69 bits per heavy atom. The van der Waals surface area contributed by atoms with E-state index in [-0.39, 0.29) is 36.5 Å². The molecule has 0 spiro atoms. The van der Waals surface area contributed by atoms with E-state index < -0.39 is 0 Å². The van der Waals surface area contributed by atoms with Gasteiger partial charge in [-0.15, -0.1) is 22.0 Å². The molecule has 2 bridgehead atoms. The largest absolute Gasteiger partial charge is 0.374 e. The van der Waals surface area contributed by atoms with E-state index in [0.717, 1.165) is 70.0 Å². The maximum Gasteiger partial charge on any atom is 0.239 e. The zero-order valence-corrected chi connectivity index (χ0v) is 19.1. The van der Waals surface area contributed by atoms with Gasteiger partial charge in [-0.25, -0.2) is 0 Å². The minimum Gasteiger partial charge on any atom is -0.374 e. The molecule has 4 unspecified atom stereocenters. The summed E-state index contributed by atoms with van der Waals surface area (Å²) in [4.78, 5) is 24.1. The van der Waals surface area contributed by atoms with Crippen LogP contribution < -0.4 is 10.6 Å². The summed E-state index contributed by atoms with van der Waals surface area (Å²) < 4.78 is 6.10. The average Bonchev–Trinajstić information content (AvgIpc) is 3.54. The summed E-state index contributed by atoms with van der Waals surface area (Å²) in [7, 11) is 0. The molecule has 9 nitrogen and oxygen atoms in total. The van der Waals surface area contributed by atoms with Crippen molar-refractivity contribution in [3.8, 4) is 11.8 Å². The molecule has 2 saturated heterocycles. The summed E-state index contributed by atoms with van der Waals surface area (Å²) in [5.74, 6) is 7.74. The first kappa shape index (κ1) is 24.2. The lowest BCUT2D eigenvalue weighted by Gasteiger charge is -2.26. The van der Waals surface area contributed by atoms with Crippen molar-refractivity contribution in [1.82, 2.24) is 31.3 Å². The van der Waals surface area contributed by atoms with Crippen LogP contribution in [-0.2, 0) is 20.7 Å². The van der Waals surface area contributed by atoms with Crippen molar-refractivity contribution in [1.29, 1.82) is 0 Å². The van der Waals surface area contributed by atoms with E-state index in [9.17, 15) is 9.59 Å². The quantitative estimate of drug-likeness (QED) is 0.316. The third kappa shape index (κ3) is 7.59. The first-order valence-corrected chi connectivity index (χ1v) is 12.0. The molecule has 4 atom stereocenters. The van der Waals surface area contributed by atoms with E-state index in [1.807, 2.05) is 0 Å². The maximum absolute atomic E-state index is 12.2. The van der Waals surface area contributed by atoms with E-state index >= 15 is 0 Å². The van der Waals surface area contributed by atoms with Crippen LogP contribution in [0.15, 0.2) is 0 Å². The normalized spacial score (nSPS) is 23.5. The van der Waals surface area contributed by atoms with Crippen molar-refractivity contribution >= 4 is 11.8 Å². The van der Waals surface area contributed by atoms with Gasteiger partial charge >= 0.3 is 0 Å². The molecule has 2 aliphatic heterocycles. The number of amides is 2. The van der Waals surface area contributed by atoms with Crippen LogP contribution in [0.1, 0.15) is 77.0 Å². The number of unbranched alkanes of at least 4 members (excludes halogenated alkanes) is 4. The van der Waals surface area contributed by atoms with Crippen molar-refractivity contribution in [2.24, 2.45) is 11.8 Å². The van der Waals surface area contributed by atoms with Crippen LogP contribution in [0, 0.1) is 23.7 Å². The Hall–Kier alpha value is -2.47. The van der Waals surface area contributed by atoms with Crippen LogP contribution in [0.5, 0.6) is 0 Å². The summed E-state index contributed by atoms with van der Waals surface area (Å²) >= 11 is 0. The van der Waals surface area contributed by atoms with Crippen LogP contribution in [0.2, 0.25) is 0 Å². The third-order valence-corrected chi connectivity index (χ3v) is 6.38. The number of carbonyl (C=O) groups is 2. The standard InChI is InChI=1S/C23H36N6O3/c1-2-3-4-9-12-22(30)25-16-23(31)24-15-18-17(19-13-14-20(18)32-19)10-7-5-6-8-11-21-26-28-29-27-21/h17-20H,2-4,6,8-16H2,1H3,(H,24,31)(H,25,30)(H,26,27,28,29). The van der Waals surface area contributed by atoms with Crippen LogP contribution >= 0.6 is 0 Å². The van der Waals surface area contributed by atoms with E-state index in [0.29, 0.717) is 18.9 Å². The number of H-pyrrole nitrogens is 1. The Labute approximate surface area is 190 Å². The molecule has 0 aromatic carbocycles. The molecule has 32 heavy (non-hydrogen) atoms. The fourth-order valence-electron chi connectivity index (χ4n) is 4.61. The van der Waals surface area contributed by atoms with Gasteiger partial charge in [0.25, 0.3) is 0 Å². The summed E-state index contributed by atoms with van der Waals surface area (Å²) in [6.45, 7) is 2.76. The number of fused-ring (bicyclic) bond motifs is 2. The van der Waals surface area contributed by atoms with Crippen molar-refractivity contribution in [3.63, 3.8) is 0 Å². The molecule has 0 saturated carbocycles. The topological polar surface area (TPSA) is 122 Å². The van der Waals surface area contributed by atoms with Crippen molar-refractivity contribution in [2.75, 3.05) is 13.1 Å².